The maximum Gasteiger partial charge on any atom is 0.191 e. The zero-order valence-electron chi connectivity index (χ0n) is 16.3. The van der Waals surface area contributed by atoms with Crippen LogP contribution in [0.4, 0.5) is 0 Å². The second-order valence-electron chi connectivity index (χ2n) is 6.66. The van der Waals surface area contributed by atoms with E-state index in [2.05, 4.69) is 34.7 Å². The van der Waals surface area contributed by atoms with Crippen molar-refractivity contribution in [1.29, 1.82) is 0 Å². The van der Waals surface area contributed by atoms with Crippen molar-refractivity contribution in [3.63, 3.8) is 0 Å². The minimum atomic E-state index is -3.48. The molecule has 0 radical (unpaired) electrons. The molecular formula is C20H29N3O3S2. The zero-order valence-corrected chi connectivity index (χ0v) is 18.0. The molecule has 1 aromatic carbocycles. The van der Waals surface area contributed by atoms with Crippen LogP contribution in [0.1, 0.15) is 25.8 Å². The van der Waals surface area contributed by atoms with Gasteiger partial charge in [0.1, 0.15) is 4.21 Å². The van der Waals surface area contributed by atoms with E-state index in [1.807, 2.05) is 25.1 Å². The first-order chi connectivity index (χ1) is 13.4. The summed E-state index contributed by atoms with van der Waals surface area (Å²) in [4.78, 5) is 4.36. The number of nitrogens with zero attached hydrogens (tertiary/aromatic N) is 1. The van der Waals surface area contributed by atoms with Crippen molar-refractivity contribution < 1.29 is 13.5 Å². The van der Waals surface area contributed by atoms with Crippen LogP contribution < -0.4 is 10.6 Å². The minimum absolute atomic E-state index is 0.0192. The average Bonchev–Trinajstić information content (AvgIpc) is 3.21. The molecule has 0 aliphatic rings. The molecule has 2 rings (SSSR count). The number of sulfone groups is 1. The first kappa shape index (κ1) is 22.4. The Hall–Kier alpha value is -1.90. The number of nitrogens with one attached hydrogen (secondary N) is 2. The van der Waals surface area contributed by atoms with Gasteiger partial charge in [-0.3, -0.25) is 4.99 Å². The Bertz CT molecular complexity index is 822. The van der Waals surface area contributed by atoms with Gasteiger partial charge in [-0.2, -0.15) is 0 Å². The minimum Gasteiger partial charge on any atom is -0.390 e. The predicted molar refractivity (Wildman–Crippen MR) is 116 cm³/mol. The maximum absolute atomic E-state index is 12.2. The van der Waals surface area contributed by atoms with Crippen LogP contribution in [0.5, 0.6) is 0 Å². The van der Waals surface area contributed by atoms with Crippen molar-refractivity contribution in [3.8, 4) is 0 Å². The summed E-state index contributed by atoms with van der Waals surface area (Å²) in [6.07, 6.45) is 0.835. The molecule has 2 aromatic rings. The standard InChI is InChI=1S/C20H29N3O3S2/c1-3-21-20(23-16(2)11-12-17-8-5-4-6-9-17)22-14-18(24)15-28(25,26)19-10-7-13-27-19/h4-10,13,16,18,24H,3,11-12,14-15H2,1-2H3,(H2,21,22,23). The van der Waals surface area contributed by atoms with Gasteiger partial charge in [-0.1, -0.05) is 36.4 Å². The lowest BCUT2D eigenvalue weighted by Crippen LogP contribution is -2.43. The first-order valence-corrected chi connectivity index (χ1v) is 12.0. The Morgan fingerprint density at radius 3 is 2.61 bits per heavy atom. The number of hydrogen-bond acceptors (Lipinski definition) is 5. The number of aliphatic hydroxyl groups excluding tert-OH is 1. The Balaban J connectivity index is 1.86. The highest BCUT2D eigenvalue weighted by molar-refractivity contribution is 7.93. The Morgan fingerprint density at radius 1 is 1.21 bits per heavy atom. The van der Waals surface area contributed by atoms with Crippen LogP contribution in [-0.2, 0) is 16.3 Å². The summed E-state index contributed by atoms with van der Waals surface area (Å²) in [7, 11) is -3.48. The molecule has 154 valence electrons. The zero-order chi connectivity index (χ0) is 20.4. The van der Waals surface area contributed by atoms with E-state index in [0.717, 1.165) is 24.2 Å². The lowest BCUT2D eigenvalue weighted by Gasteiger charge is -2.18. The van der Waals surface area contributed by atoms with Gasteiger partial charge in [0.25, 0.3) is 0 Å². The van der Waals surface area contributed by atoms with Crippen molar-refractivity contribution in [2.75, 3.05) is 18.8 Å². The van der Waals surface area contributed by atoms with Crippen molar-refractivity contribution in [1.82, 2.24) is 10.6 Å². The second-order valence-corrected chi connectivity index (χ2v) is 9.87. The molecule has 2 atom stereocenters. The monoisotopic (exact) mass is 423 g/mol. The Labute approximate surface area is 171 Å². The largest absolute Gasteiger partial charge is 0.390 e. The molecule has 0 saturated carbocycles. The van der Waals surface area contributed by atoms with Crippen molar-refractivity contribution in [3.05, 3.63) is 53.4 Å². The van der Waals surface area contributed by atoms with Crippen LogP contribution in [0.3, 0.4) is 0 Å². The smallest absolute Gasteiger partial charge is 0.191 e. The summed E-state index contributed by atoms with van der Waals surface area (Å²) >= 11 is 1.16. The highest BCUT2D eigenvalue weighted by Crippen LogP contribution is 2.18. The van der Waals surface area contributed by atoms with Crippen molar-refractivity contribution >= 4 is 27.1 Å². The summed E-state index contributed by atoms with van der Waals surface area (Å²) in [6.45, 7) is 4.74. The average molecular weight is 424 g/mol. The number of rotatable bonds is 10. The quantitative estimate of drug-likeness (QED) is 0.403. The fourth-order valence-corrected chi connectivity index (χ4v) is 5.15. The predicted octanol–water partition coefficient (Wildman–Crippen LogP) is 2.46. The molecule has 8 heteroatoms. The number of aryl methyl sites for hydroxylation is 1. The Morgan fingerprint density at radius 2 is 1.96 bits per heavy atom. The van der Waals surface area contributed by atoms with E-state index >= 15 is 0 Å². The summed E-state index contributed by atoms with van der Waals surface area (Å²) in [5.41, 5.74) is 1.28. The van der Waals surface area contributed by atoms with Crippen LogP contribution in [0.25, 0.3) is 0 Å². The number of aliphatic hydroxyl groups is 1. The van der Waals surface area contributed by atoms with Gasteiger partial charge in [-0.25, -0.2) is 8.42 Å². The molecule has 1 aromatic heterocycles. The van der Waals surface area contributed by atoms with Gasteiger partial charge in [0.05, 0.1) is 18.4 Å². The topological polar surface area (TPSA) is 90.8 Å². The van der Waals surface area contributed by atoms with E-state index in [9.17, 15) is 13.5 Å². The molecule has 0 amide bonds. The lowest BCUT2D eigenvalue weighted by molar-refractivity contribution is 0.206. The molecule has 0 aliphatic carbocycles. The molecule has 6 nitrogen and oxygen atoms in total. The van der Waals surface area contributed by atoms with E-state index in [0.29, 0.717) is 12.5 Å². The normalized spacial score (nSPS) is 14.5. The third-order valence-corrected chi connectivity index (χ3v) is 7.39. The number of hydrogen-bond donors (Lipinski definition) is 3. The molecule has 28 heavy (non-hydrogen) atoms. The SMILES string of the molecule is CCNC(=NCC(O)CS(=O)(=O)c1cccs1)NC(C)CCc1ccccc1. The van der Waals surface area contributed by atoms with E-state index in [4.69, 9.17) is 0 Å². The summed E-state index contributed by atoms with van der Waals surface area (Å²) in [6, 6.07) is 13.7. The molecule has 0 aliphatic heterocycles. The van der Waals surface area contributed by atoms with E-state index in [1.165, 1.54) is 5.56 Å². The van der Waals surface area contributed by atoms with E-state index < -0.39 is 15.9 Å². The molecule has 0 fully saturated rings. The number of aliphatic imine (C=N–C) groups is 1. The van der Waals surface area contributed by atoms with Crippen molar-refractivity contribution in [2.45, 2.75) is 43.0 Å². The summed E-state index contributed by atoms with van der Waals surface area (Å²) < 4.78 is 24.8. The molecule has 0 spiro atoms. The van der Waals surface area contributed by atoms with Crippen LogP contribution >= 0.6 is 11.3 Å². The van der Waals surface area contributed by atoms with Gasteiger partial charge in [0, 0.05) is 12.6 Å². The number of benzene rings is 1. The fraction of sp³-hybridized carbons (Fsp3) is 0.450. The number of guanidine groups is 1. The van der Waals surface area contributed by atoms with Gasteiger partial charge in [0.15, 0.2) is 15.8 Å². The van der Waals surface area contributed by atoms with E-state index in [1.54, 1.807) is 17.5 Å². The van der Waals surface area contributed by atoms with Gasteiger partial charge in [-0.05, 0) is 43.7 Å². The second kappa shape index (κ2) is 11.2. The lowest BCUT2D eigenvalue weighted by atomic mass is 10.1. The molecule has 2 unspecified atom stereocenters. The van der Waals surface area contributed by atoms with Crippen molar-refractivity contribution in [2.24, 2.45) is 4.99 Å². The molecule has 3 N–H and O–H groups in total. The van der Waals surface area contributed by atoms with Crippen LogP contribution in [0.15, 0.2) is 57.0 Å². The van der Waals surface area contributed by atoms with E-state index in [-0.39, 0.29) is 22.5 Å². The summed E-state index contributed by atoms with van der Waals surface area (Å²) in [5, 5.41) is 18.3. The molecule has 0 bridgehead atoms. The molecular weight excluding hydrogens is 394 g/mol. The van der Waals surface area contributed by atoms with Gasteiger partial charge < -0.3 is 15.7 Å². The molecule has 1 heterocycles. The third-order valence-electron chi connectivity index (χ3n) is 4.11. The van der Waals surface area contributed by atoms with Gasteiger partial charge in [-0.15, -0.1) is 11.3 Å². The van der Waals surface area contributed by atoms with Crippen LogP contribution in [0.2, 0.25) is 0 Å². The third kappa shape index (κ3) is 7.61. The fourth-order valence-electron chi connectivity index (χ4n) is 2.68. The highest BCUT2D eigenvalue weighted by Gasteiger charge is 2.20. The van der Waals surface area contributed by atoms with Crippen LogP contribution in [-0.4, -0.2) is 50.5 Å². The Kier molecular flexibility index (Phi) is 8.95. The molecule has 0 saturated heterocycles. The number of thiophene rings is 1. The summed E-state index contributed by atoms with van der Waals surface area (Å²) in [5.74, 6) is 0.246. The highest BCUT2D eigenvalue weighted by atomic mass is 32.2. The van der Waals surface area contributed by atoms with Crippen LogP contribution in [0, 0.1) is 0 Å². The first-order valence-electron chi connectivity index (χ1n) is 9.44. The maximum atomic E-state index is 12.2. The van der Waals surface area contributed by atoms with Gasteiger partial charge >= 0.3 is 0 Å². The van der Waals surface area contributed by atoms with Gasteiger partial charge in [0.2, 0.25) is 0 Å².